The highest BCUT2D eigenvalue weighted by Gasteiger charge is 2.25. The molecule has 0 aliphatic heterocycles. The molecule has 15 heavy (non-hydrogen) atoms. The number of rotatable bonds is 2. The first-order valence-electron chi connectivity index (χ1n) is 5.10. The molecule has 1 saturated carbocycles. The number of aromatic nitrogens is 1. The molecule has 3 nitrogen and oxygen atoms in total. The minimum atomic E-state index is 0.0688. The van der Waals surface area contributed by atoms with E-state index >= 15 is 0 Å². The molecule has 1 fully saturated rings. The first kappa shape index (κ1) is 10.4. The van der Waals surface area contributed by atoms with Gasteiger partial charge in [-0.05, 0) is 31.4 Å². The van der Waals surface area contributed by atoms with Gasteiger partial charge in [0.05, 0.1) is 5.69 Å². The van der Waals surface area contributed by atoms with Crippen LogP contribution in [0, 0.1) is 12.8 Å². The highest BCUT2D eigenvalue weighted by molar-refractivity contribution is 6.32. The smallest absolute Gasteiger partial charge is 0.227 e. The second kappa shape index (κ2) is 4.19. The minimum absolute atomic E-state index is 0.0688. The van der Waals surface area contributed by atoms with Crippen molar-refractivity contribution in [3.8, 4) is 0 Å². The molecule has 4 heteroatoms. The summed E-state index contributed by atoms with van der Waals surface area (Å²) in [6, 6.07) is 1.84. The lowest BCUT2D eigenvalue weighted by atomic mass is 9.85. The number of nitrogens with one attached hydrogen (secondary N) is 1. The van der Waals surface area contributed by atoms with E-state index < -0.39 is 0 Å². The fraction of sp³-hybridized carbons (Fsp3) is 0.455. The van der Waals surface area contributed by atoms with Gasteiger partial charge in [-0.15, -0.1) is 0 Å². The van der Waals surface area contributed by atoms with Crippen molar-refractivity contribution in [2.75, 3.05) is 5.32 Å². The molecular formula is C11H13ClN2O. The van der Waals surface area contributed by atoms with Gasteiger partial charge in [-0.1, -0.05) is 18.0 Å². The molecule has 1 amide bonds. The van der Waals surface area contributed by atoms with Crippen LogP contribution in [0.3, 0.4) is 0 Å². The molecule has 0 atom stereocenters. The van der Waals surface area contributed by atoms with Crippen LogP contribution in [0.5, 0.6) is 0 Å². The predicted octanol–water partition coefficient (Wildman–Crippen LogP) is 2.78. The van der Waals surface area contributed by atoms with Gasteiger partial charge in [-0.3, -0.25) is 4.79 Å². The second-order valence-corrected chi connectivity index (χ2v) is 4.27. The molecule has 1 N–H and O–H groups in total. The van der Waals surface area contributed by atoms with Gasteiger partial charge in [0.25, 0.3) is 0 Å². The number of hydrogen-bond acceptors (Lipinski definition) is 2. The van der Waals surface area contributed by atoms with Crippen molar-refractivity contribution in [3.05, 3.63) is 23.0 Å². The molecule has 0 bridgehead atoms. The average molecular weight is 225 g/mol. The lowest BCUT2D eigenvalue weighted by Crippen LogP contribution is -2.28. The molecule has 0 unspecified atom stereocenters. The maximum Gasteiger partial charge on any atom is 0.227 e. The van der Waals surface area contributed by atoms with Gasteiger partial charge in [-0.2, -0.15) is 0 Å². The Morgan fingerprint density at radius 1 is 1.60 bits per heavy atom. The topological polar surface area (TPSA) is 42.0 Å². The van der Waals surface area contributed by atoms with Crippen molar-refractivity contribution < 1.29 is 4.79 Å². The fourth-order valence-corrected chi connectivity index (χ4v) is 1.82. The number of nitrogens with zero attached hydrogens (tertiary/aromatic N) is 1. The molecule has 1 aromatic heterocycles. The van der Waals surface area contributed by atoms with Crippen LogP contribution in [0.15, 0.2) is 12.3 Å². The molecule has 0 spiro atoms. The lowest BCUT2D eigenvalue weighted by molar-refractivity contribution is -0.122. The Labute approximate surface area is 93.8 Å². The number of hydrogen-bond donors (Lipinski definition) is 1. The number of anilines is 1. The Balaban J connectivity index is 2.12. The van der Waals surface area contributed by atoms with E-state index in [1.54, 1.807) is 6.20 Å². The van der Waals surface area contributed by atoms with Gasteiger partial charge >= 0.3 is 0 Å². The minimum Gasteiger partial charge on any atom is -0.323 e. The molecule has 0 radical (unpaired) electrons. The van der Waals surface area contributed by atoms with Gasteiger partial charge < -0.3 is 5.32 Å². The summed E-state index contributed by atoms with van der Waals surface area (Å²) in [5, 5.41) is 3.21. The number of carbonyl (C=O) groups is 1. The number of carbonyl (C=O) groups excluding carboxylic acids is 1. The Bertz CT molecular complexity index is 368. The summed E-state index contributed by atoms with van der Waals surface area (Å²) in [5.41, 5.74) is 1.60. The van der Waals surface area contributed by atoms with Crippen LogP contribution in [0.1, 0.15) is 24.8 Å². The van der Waals surface area contributed by atoms with E-state index in [4.69, 9.17) is 11.6 Å². The van der Waals surface area contributed by atoms with Crippen molar-refractivity contribution in [2.24, 2.45) is 5.92 Å². The molecule has 0 aromatic carbocycles. The van der Waals surface area contributed by atoms with Crippen LogP contribution in [0.25, 0.3) is 0 Å². The highest BCUT2D eigenvalue weighted by Crippen LogP contribution is 2.29. The summed E-state index contributed by atoms with van der Waals surface area (Å²) in [5.74, 6) is 0.236. The molecule has 1 aliphatic carbocycles. The molecule has 0 saturated heterocycles. The third kappa shape index (κ3) is 2.12. The largest absolute Gasteiger partial charge is 0.323 e. The summed E-state index contributed by atoms with van der Waals surface area (Å²) in [7, 11) is 0. The van der Waals surface area contributed by atoms with E-state index in [0.717, 1.165) is 24.8 Å². The maximum atomic E-state index is 11.7. The zero-order valence-corrected chi connectivity index (χ0v) is 9.34. The SMILES string of the molecule is Cc1ccnc(Cl)c1NC(=O)C1CCC1. The monoisotopic (exact) mass is 224 g/mol. The third-order valence-corrected chi connectivity index (χ3v) is 3.12. The van der Waals surface area contributed by atoms with Gasteiger partial charge in [-0.25, -0.2) is 4.98 Å². The van der Waals surface area contributed by atoms with Crippen LogP contribution < -0.4 is 5.32 Å². The number of aryl methyl sites for hydroxylation is 1. The molecule has 1 heterocycles. The maximum absolute atomic E-state index is 11.7. The second-order valence-electron chi connectivity index (χ2n) is 3.91. The summed E-state index contributed by atoms with van der Waals surface area (Å²) in [4.78, 5) is 15.6. The summed E-state index contributed by atoms with van der Waals surface area (Å²) >= 11 is 5.91. The zero-order chi connectivity index (χ0) is 10.8. The van der Waals surface area contributed by atoms with E-state index in [2.05, 4.69) is 10.3 Å². The molecule has 2 rings (SSSR count). The van der Waals surface area contributed by atoms with E-state index in [1.165, 1.54) is 0 Å². The number of amides is 1. The zero-order valence-electron chi connectivity index (χ0n) is 8.59. The van der Waals surface area contributed by atoms with E-state index in [-0.39, 0.29) is 11.8 Å². The first-order valence-corrected chi connectivity index (χ1v) is 5.48. The van der Waals surface area contributed by atoms with E-state index in [9.17, 15) is 4.79 Å². The van der Waals surface area contributed by atoms with Gasteiger partial charge in [0.1, 0.15) is 0 Å². The van der Waals surface area contributed by atoms with Crippen molar-refractivity contribution >= 4 is 23.2 Å². The van der Waals surface area contributed by atoms with Crippen molar-refractivity contribution in [3.63, 3.8) is 0 Å². The van der Waals surface area contributed by atoms with E-state index in [1.807, 2.05) is 13.0 Å². The lowest BCUT2D eigenvalue weighted by Gasteiger charge is -2.24. The van der Waals surface area contributed by atoms with Gasteiger partial charge in [0.15, 0.2) is 5.15 Å². The molecule has 1 aliphatic rings. The molecule has 1 aromatic rings. The van der Waals surface area contributed by atoms with E-state index in [0.29, 0.717) is 10.8 Å². The van der Waals surface area contributed by atoms with Crippen LogP contribution in [0.4, 0.5) is 5.69 Å². The Morgan fingerprint density at radius 3 is 2.87 bits per heavy atom. The van der Waals surface area contributed by atoms with Crippen molar-refractivity contribution in [1.82, 2.24) is 4.98 Å². The predicted molar refractivity (Wildman–Crippen MR) is 60.0 cm³/mol. The number of halogens is 1. The Kier molecular flexibility index (Phi) is 2.91. The molecular weight excluding hydrogens is 212 g/mol. The molecule has 80 valence electrons. The fourth-order valence-electron chi connectivity index (χ4n) is 1.57. The Morgan fingerprint density at radius 2 is 2.33 bits per heavy atom. The van der Waals surface area contributed by atoms with Crippen LogP contribution >= 0.6 is 11.6 Å². The van der Waals surface area contributed by atoms with Gasteiger partial charge in [0.2, 0.25) is 5.91 Å². The standard InChI is InChI=1S/C11H13ClN2O/c1-7-5-6-13-10(12)9(7)14-11(15)8-3-2-4-8/h5-6,8H,2-4H2,1H3,(H,14,15). The average Bonchev–Trinajstić information content (AvgIpc) is 2.08. The van der Waals surface area contributed by atoms with Crippen LogP contribution in [-0.2, 0) is 4.79 Å². The highest BCUT2D eigenvalue weighted by atomic mass is 35.5. The summed E-state index contributed by atoms with van der Waals surface area (Å²) in [6.45, 7) is 1.91. The third-order valence-electron chi connectivity index (χ3n) is 2.84. The first-order chi connectivity index (χ1) is 7.18. The van der Waals surface area contributed by atoms with Crippen LogP contribution in [0.2, 0.25) is 5.15 Å². The van der Waals surface area contributed by atoms with Crippen molar-refractivity contribution in [2.45, 2.75) is 26.2 Å². The van der Waals surface area contributed by atoms with Crippen molar-refractivity contribution in [1.29, 1.82) is 0 Å². The summed E-state index contributed by atoms with van der Waals surface area (Å²) < 4.78 is 0. The van der Waals surface area contributed by atoms with Gasteiger partial charge in [0, 0.05) is 12.1 Å². The summed E-state index contributed by atoms with van der Waals surface area (Å²) in [6.07, 6.45) is 4.76. The quantitative estimate of drug-likeness (QED) is 0.785. The van der Waals surface area contributed by atoms with Crippen LogP contribution in [-0.4, -0.2) is 10.9 Å². The normalized spacial score (nSPS) is 15.9. The Hall–Kier alpha value is -1.09. The number of pyridine rings is 1.